The maximum Gasteiger partial charge on any atom is 0.247 e. The lowest BCUT2D eigenvalue weighted by Gasteiger charge is -2.29. The number of ether oxygens (including phenoxy) is 1. The Morgan fingerprint density at radius 1 is 1.22 bits per heavy atom. The third-order valence-corrected chi connectivity index (χ3v) is 6.68. The minimum absolute atomic E-state index is 0.0272. The molecule has 1 aromatic rings. The van der Waals surface area contributed by atoms with Crippen LogP contribution in [0.3, 0.4) is 0 Å². The minimum atomic E-state index is -3.88. The van der Waals surface area contributed by atoms with Crippen LogP contribution >= 0.6 is 0 Å². The molecule has 0 saturated carbocycles. The summed E-state index contributed by atoms with van der Waals surface area (Å²) in [4.78, 5) is 32.0. The first-order chi connectivity index (χ1) is 17.1. The summed E-state index contributed by atoms with van der Waals surface area (Å²) in [6.45, 7) is 3.81. The normalized spacial score (nSPS) is 18.1. The van der Waals surface area contributed by atoms with Gasteiger partial charge in [-0.1, -0.05) is 60.7 Å². The highest BCUT2D eigenvalue weighted by molar-refractivity contribution is 7.88. The van der Waals surface area contributed by atoms with Crippen LogP contribution in [0.15, 0.2) is 36.4 Å². The number of amides is 2. The highest BCUT2D eigenvalue weighted by Crippen LogP contribution is 2.26. The van der Waals surface area contributed by atoms with Gasteiger partial charge in [0.1, 0.15) is 6.54 Å². The summed E-state index contributed by atoms with van der Waals surface area (Å²) in [6.07, 6.45) is 7.01. The van der Waals surface area contributed by atoms with Crippen molar-refractivity contribution in [1.82, 2.24) is 15.3 Å². The van der Waals surface area contributed by atoms with E-state index in [2.05, 4.69) is 10.9 Å². The Balaban J connectivity index is 2.27. The number of carbonyl (C=O) groups excluding carboxylic acids is 2. The molecule has 3 atom stereocenters. The van der Waals surface area contributed by atoms with E-state index >= 15 is 0 Å². The molecule has 1 aromatic carbocycles. The molecule has 198 valence electrons. The summed E-state index contributed by atoms with van der Waals surface area (Å²) in [5.74, 6) is -2.89. The van der Waals surface area contributed by atoms with Crippen molar-refractivity contribution in [3.05, 3.63) is 42.0 Å². The van der Waals surface area contributed by atoms with Gasteiger partial charge in [0.05, 0.1) is 24.2 Å². The first-order valence-electron chi connectivity index (χ1n) is 12.1. The lowest BCUT2D eigenvalue weighted by Crippen LogP contribution is -2.51. The molecule has 1 saturated heterocycles. The van der Waals surface area contributed by atoms with Crippen LogP contribution in [0, 0.1) is 29.1 Å². The highest BCUT2D eigenvalue weighted by Gasteiger charge is 2.36. The van der Waals surface area contributed by atoms with E-state index in [1.54, 1.807) is 12.1 Å². The van der Waals surface area contributed by atoms with Gasteiger partial charge < -0.3 is 4.74 Å². The van der Waals surface area contributed by atoms with E-state index in [4.69, 9.17) is 14.8 Å². The average molecular weight is 521 g/mol. The largest absolute Gasteiger partial charge is 0.350 e. The van der Waals surface area contributed by atoms with Gasteiger partial charge >= 0.3 is 0 Å². The van der Waals surface area contributed by atoms with Crippen molar-refractivity contribution in [3.63, 3.8) is 0 Å². The zero-order valence-electron chi connectivity index (χ0n) is 21.1. The van der Waals surface area contributed by atoms with E-state index in [-0.39, 0.29) is 12.3 Å². The average Bonchev–Trinajstić information content (AvgIpc) is 2.84. The first-order valence-corrected chi connectivity index (χ1v) is 13.9. The van der Waals surface area contributed by atoms with E-state index in [0.29, 0.717) is 23.9 Å². The number of hydrogen-bond acceptors (Lipinski definition) is 7. The van der Waals surface area contributed by atoms with Gasteiger partial charge in [-0.3, -0.25) is 15.0 Å². The number of carbonyl (C=O) groups is 2. The number of allylic oxidation sites excluding steroid dienone is 1. The molecule has 1 heterocycles. The van der Waals surface area contributed by atoms with Gasteiger partial charge in [0.15, 0.2) is 6.29 Å². The molecule has 0 bridgehead atoms. The van der Waals surface area contributed by atoms with Crippen LogP contribution in [-0.4, -0.2) is 50.3 Å². The standard InChI is InChI=1S/C25H36N4O6S/c1-19(2)18-22(24(30)27-29(16-15-26)36(3,32)33)21(13-9-12-20-10-5-4-6-11-20)25(31)28-35-23-14-7-8-17-34-23/h4-6,9-12,19,21-23H,7-8,13-14,16-18H2,1-3H3,(H,27,30)(H,28,31)/b12-9+/t21-,22+,23?/m0/s1. The third-order valence-electron chi connectivity index (χ3n) is 5.66. The quantitative estimate of drug-likeness (QED) is 0.301. The van der Waals surface area contributed by atoms with Gasteiger partial charge in [-0.15, -0.1) is 0 Å². The van der Waals surface area contributed by atoms with Gasteiger partial charge in [-0.05, 0) is 37.2 Å². The van der Waals surface area contributed by atoms with Crippen molar-refractivity contribution < 1.29 is 27.6 Å². The van der Waals surface area contributed by atoms with Gasteiger partial charge in [0, 0.05) is 13.0 Å². The van der Waals surface area contributed by atoms with E-state index in [1.165, 1.54) is 0 Å². The molecule has 36 heavy (non-hydrogen) atoms. The van der Waals surface area contributed by atoms with E-state index in [9.17, 15) is 18.0 Å². The van der Waals surface area contributed by atoms with Crippen LogP contribution in [0.2, 0.25) is 0 Å². The predicted octanol–water partition coefficient (Wildman–Crippen LogP) is 2.76. The molecule has 0 aromatic heterocycles. The summed E-state index contributed by atoms with van der Waals surface area (Å²) in [6, 6.07) is 11.2. The molecule has 0 spiro atoms. The number of benzene rings is 1. The maximum absolute atomic E-state index is 13.3. The first kappa shape index (κ1) is 29.5. The number of nitrogens with one attached hydrogen (secondary N) is 2. The number of hydroxylamine groups is 1. The van der Waals surface area contributed by atoms with Gasteiger partial charge in [0.25, 0.3) is 0 Å². The molecule has 11 heteroatoms. The van der Waals surface area contributed by atoms with E-state index < -0.39 is 46.5 Å². The van der Waals surface area contributed by atoms with Crippen molar-refractivity contribution in [3.8, 4) is 6.07 Å². The van der Waals surface area contributed by atoms with Crippen LogP contribution in [0.25, 0.3) is 6.08 Å². The lowest BCUT2D eigenvalue weighted by atomic mass is 9.82. The fourth-order valence-corrected chi connectivity index (χ4v) is 4.39. The molecular formula is C25H36N4O6S. The maximum atomic E-state index is 13.3. The van der Waals surface area contributed by atoms with Crippen LogP contribution < -0.4 is 10.9 Å². The lowest BCUT2D eigenvalue weighted by molar-refractivity contribution is -0.203. The fraction of sp³-hybridized carbons (Fsp3) is 0.560. The molecule has 0 radical (unpaired) electrons. The number of hydrogen-bond donors (Lipinski definition) is 2. The number of hydrazine groups is 1. The van der Waals surface area contributed by atoms with Crippen LogP contribution in [0.1, 0.15) is 51.5 Å². The fourth-order valence-electron chi connectivity index (χ4n) is 3.84. The molecule has 1 fully saturated rings. The van der Waals surface area contributed by atoms with E-state index in [1.807, 2.05) is 50.3 Å². The van der Waals surface area contributed by atoms with Crippen molar-refractivity contribution in [1.29, 1.82) is 5.26 Å². The van der Waals surface area contributed by atoms with Crippen LogP contribution in [-0.2, 0) is 29.2 Å². The molecular weight excluding hydrogens is 484 g/mol. The van der Waals surface area contributed by atoms with Crippen LogP contribution in [0.4, 0.5) is 0 Å². The summed E-state index contributed by atoms with van der Waals surface area (Å²) in [5, 5.41) is 9.00. The zero-order valence-corrected chi connectivity index (χ0v) is 21.9. The Morgan fingerprint density at radius 2 is 1.94 bits per heavy atom. The predicted molar refractivity (Wildman–Crippen MR) is 135 cm³/mol. The Hall–Kier alpha value is -2.78. The second kappa shape index (κ2) is 14.7. The Morgan fingerprint density at radius 3 is 2.53 bits per heavy atom. The smallest absolute Gasteiger partial charge is 0.247 e. The summed E-state index contributed by atoms with van der Waals surface area (Å²) < 4.78 is 30.2. The summed E-state index contributed by atoms with van der Waals surface area (Å²) in [5.41, 5.74) is 5.72. The minimum Gasteiger partial charge on any atom is -0.350 e. The Labute approximate surface area is 213 Å². The van der Waals surface area contributed by atoms with Crippen molar-refractivity contribution >= 4 is 27.9 Å². The van der Waals surface area contributed by atoms with Crippen molar-refractivity contribution in [2.24, 2.45) is 17.8 Å². The molecule has 2 amide bonds. The Kier molecular flexibility index (Phi) is 12.0. The zero-order chi connectivity index (χ0) is 26.6. The summed E-state index contributed by atoms with van der Waals surface area (Å²) in [7, 11) is -3.88. The van der Waals surface area contributed by atoms with E-state index in [0.717, 1.165) is 24.7 Å². The SMILES string of the molecule is CC(C)C[C@@H](C(=O)NN(CC#N)S(C)(=O)=O)[C@H](C/C=C/c1ccccc1)C(=O)NOC1CCCCO1. The third kappa shape index (κ3) is 10.1. The van der Waals surface area contributed by atoms with Crippen LogP contribution in [0.5, 0.6) is 0 Å². The molecule has 2 rings (SSSR count). The molecule has 1 aliphatic rings. The molecule has 1 unspecified atom stereocenters. The second-order valence-electron chi connectivity index (χ2n) is 9.18. The monoisotopic (exact) mass is 520 g/mol. The molecule has 0 aliphatic carbocycles. The number of sulfonamides is 1. The van der Waals surface area contributed by atoms with Crippen molar-refractivity contribution in [2.45, 2.75) is 52.2 Å². The molecule has 1 aliphatic heterocycles. The van der Waals surface area contributed by atoms with Gasteiger partial charge in [0.2, 0.25) is 21.8 Å². The number of nitrogens with zero attached hydrogens (tertiary/aromatic N) is 2. The molecule has 10 nitrogen and oxygen atoms in total. The van der Waals surface area contributed by atoms with Gasteiger partial charge in [-0.2, -0.15) is 5.26 Å². The van der Waals surface area contributed by atoms with Gasteiger partial charge in [-0.25, -0.2) is 18.7 Å². The number of nitriles is 1. The Bertz CT molecular complexity index is 1020. The molecule has 2 N–H and O–H groups in total. The highest BCUT2D eigenvalue weighted by atomic mass is 32.2. The van der Waals surface area contributed by atoms with Crippen molar-refractivity contribution in [2.75, 3.05) is 19.4 Å². The summed E-state index contributed by atoms with van der Waals surface area (Å²) >= 11 is 0. The number of rotatable bonds is 13. The second-order valence-corrected chi connectivity index (χ2v) is 11.1. The topological polar surface area (TPSA) is 138 Å².